The minimum absolute atomic E-state index is 0.0921. The van der Waals surface area contributed by atoms with E-state index >= 15 is 0 Å². The van der Waals surface area contributed by atoms with Gasteiger partial charge in [-0.05, 0) is 55.4 Å². The van der Waals surface area contributed by atoms with Gasteiger partial charge in [0, 0.05) is 23.2 Å². The Labute approximate surface area is 176 Å². The topological polar surface area (TPSA) is 67.8 Å². The van der Waals surface area contributed by atoms with Crippen LogP contribution in [0.2, 0.25) is 0 Å². The van der Waals surface area contributed by atoms with Gasteiger partial charge < -0.3 is 19.9 Å². The third kappa shape index (κ3) is 4.43. The molecule has 1 aliphatic heterocycles. The first-order valence-electron chi connectivity index (χ1n) is 10.6. The lowest BCUT2D eigenvalue weighted by Crippen LogP contribution is -2.58. The number of halogens is 1. The average molecular weight is 413 g/mol. The number of rotatable bonds is 8. The second-order valence-electron chi connectivity index (χ2n) is 8.35. The number of hydrogen-bond acceptors (Lipinski definition) is 4. The summed E-state index contributed by atoms with van der Waals surface area (Å²) in [6.45, 7) is 2.67. The van der Waals surface area contributed by atoms with Crippen LogP contribution in [0.1, 0.15) is 49.3 Å². The summed E-state index contributed by atoms with van der Waals surface area (Å²) in [5.41, 5.74) is 2.31. The number of carbonyl (C=O) groups is 1. The normalized spacial score (nSPS) is 19.3. The van der Waals surface area contributed by atoms with E-state index in [9.17, 15) is 14.3 Å². The molecule has 1 fully saturated rings. The van der Waals surface area contributed by atoms with Crippen LogP contribution in [-0.4, -0.2) is 29.3 Å². The Balaban J connectivity index is 1.39. The van der Waals surface area contributed by atoms with Gasteiger partial charge in [-0.2, -0.15) is 0 Å². The van der Waals surface area contributed by atoms with E-state index in [1.165, 1.54) is 6.07 Å². The Morgan fingerprint density at radius 3 is 2.87 bits per heavy atom. The molecular weight excluding hydrogens is 385 g/mol. The minimum Gasteiger partial charge on any atom is -0.492 e. The molecule has 2 aromatic carbocycles. The van der Waals surface area contributed by atoms with E-state index < -0.39 is 5.97 Å². The molecule has 4 rings (SSSR count). The number of carboxylic acid groups (broad SMARTS) is 1. The molecule has 0 bridgehead atoms. The van der Waals surface area contributed by atoms with E-state index in [2.05, 4.69) is 5.32 Å². The fraction of sp³-hybridized carbons (Fsp3) is 0.458. The molecule has 1 saturated carbocycles. The molecule has 2 N–H and O–H groups in total. The third-order valence-corrected chi connectivity index (χ3v) is 6.24. The van der Waals surface area contributed by atoms with E-state index in [-0.39, 0.29) is 30.4 Å². The Bertz CT molecular complexity index is 925. The lowest BCUT2D eigenvalue weighted by atomic mass is 9.73. The van der Waals surface area contributed by atoms with Gasteiger partial charge in [0.1, 0.15) is 30.5 Å². The first kappa shape index (κ1) is 20.7. The predicted octanol–water partition coefficient (Wildman–Crippen LogP) is 4.26. The summed E-state index contributed by atoms with van der Waals surface area (Å²) in [5, 5.41) is 12.7. The summed E-state index contributed by atoms with van der Waals surface area (Å²) in [7, 11) is 0. The van der Waals surface area contributed by atoms with Crippen molar-refractivity contribution >= 4 is 5.97 Å². The maximum atomic E-state index is 14.2. The van der Waals surface area contributed by atoms with Gasteiger partial charge in [-0.25, -0.2) is 4.39 Å². The quantitative estimate of drug-likeness (QED) is 0.677. The molecule has 0 spiro atoms. The number of fused-ring (bicyclic) bond motifs is 1. The van der Waals surface area contributed by atoms with Gasteiger partial charge in [0.2, 0.25) is 0 Å². The van der Waals surface area contributed by atoms with Crippen molar-refractivity contribution in [2.45, 2.75) is 63.6 Å². The van der Waals surface area contributed by atoms with Crippen molar-refractivity contribution in [2.24, 2.45) is 0 Å². The van der Waals surface area contributed by atoms with Gasteiger partial charge >= 0.3 is 5.97 Å². The number of ether oxygens (including phenoxy) is 2. The van der Waals surface area contributed by atoms with Gasteiger partial charge in [-0.1, -0.05) is 25.1 Å². The molecule has 160 valence electrons. The van der Waals surface area contributed by atoms with Crippen molar-refractivity contribution in [3.63, 3.8) is 0 Å². The van der Waals surface area contributed by atoms with E-state index in [0.717, 1.165) is 49.0 Å². The molecule has 1 unspecified atom stereocenters. The predicted molar refractivity (Wildman–Crippen MR) is 112 cm³/mol. The molecule has 6 heteroatoms. The van der Waals surface area contributed by atoms with E-state index in [0.29, 0.717) is 17.9 Å². The summed E-state index contributed by atoms with van der Waals surface area (Å²) in [4.78, 5) is 11.2. The SMILES string of the molecule is CCc1cccc(F)c1COc1ccc2c(c1)OCC(NC1(CC(=O)O)CCC1)C2. The second-order valence-corrected chi connectivity index (χ2v) is 8.35. The summed E-state index contributed by atoms with van der Waals surface area (Å²) < 4.78 is 26.0. The lowest BCUT2D eigenvalue weighted by Gasteiger charge is -2.45. The number of aryl methyl sites for hydroxylation is 1. The number of benzene rings is 2. The average Bonchev–Trinajstić information content (AvgIpc) is 2.70. The largest absolute Gasteiger partial charge is 0.492 e. The van der Waals surface area contributed by atoms with Crippen LogP contribution in [0.4, 0.5) is 4.39 Å². The lowest BCUT2D eigenvalue weighted by molar-refractivity contribution is -0.140. The minimum atomic E-state index is -0.762. The van der Waals surface area contributed by atoms with Gasteiger partial charge in [-0.15, -0.1) is 0 Å². The molecule has 0 saturated heterocycles. The van der Waals surface area contributed by atoms with Crippen molar-refractivity contribution in [1.82, 2.24) is 5.32 Å². The van der Waals surface area contributed by atoms with Gasteiger partial charge in [0.05, 0.1) is 6.42 Å². The van der Waals surface area contributed by atoms with Crippen LogP contribution in [0.15, 0.2) is 36.4 Å². The van der Waals surface area contributed by atoms with Crippen LogP contribution in [0, 0.1) is 5.82 Å². The smallest absolute Gasteiger partial charge is 0.305 e. The monoisotopic (exact) mass is 413 g/mol. The molecule has 1 heterocycles. The Hall–Kier alpha value is -2.60. The summed E-state index contributed by atoms with van der Waals surface area (Å²) >= 11 is 0. The summed E-state index contributed by atoms with van der Waals surface area (Å²) in [6.07, 6.45) is 4.54. The number of hydrogen-bond donors (Lipinski definition) is 2. The van der Waals surface area contributed by atoms with Gasteiger partial charge in [-0.3, -0.25) is 4.79 Å². The number of nitrogens with one attached hydrogen (secondary N) is 1. The molecule has 30 heavy (non-hydrogen) atoms. The maximum Gasteiger partial charge on any atom is 0.305 e. The molecular formula is C24H28FNO4. The molecule has 0 amide bonds. The summed E-state index contributed by atoms with van der Waals surface area (Å²) in [5.74, 6) is 0.411. The fourth-order valence-electron chi connectivity index (χ4n) is 4.48. The van der Waals surface area contributed by atoms with Crippen LogP contribution >= 0.6 is 0 Å². The highest BCUT2D eigenvalue weighted by molar-refractivity contribution is 5.68. The van der Waals surface area contributed by atoms with Crippen molar-refractivity contribution in [2.75, 3.05) is 6.61 Å². The van der Waals surface area contributed by atoms with Crippen LogP contribution in [0.5, 0.6) is 11.5 Å². The molecule has 1 aliphatic carbocycles. The van der Waals surface area contributed by atoms with E-state index in [1.807, 2.05) is 31.2 Å². The molecule has 0 aromatic heterocycles. The highest BCUT2D eigenvalue weighted by Crippen LogP contribution is 2.37. The summed E-state index contributed by atoms with van der Waals surface area (Å²) in [6, 6.07) is 10.9. The highest BCUT2D eigenvalue weighted by Gasteiger charge is 2.41. The Morgan fingerprint density at radius 1 is 1.33 bits per heavy atom. The highest BCUT2D eigenvalue weighted by atomic mass is 19.1. The first-order valence-corrected chi connectivity index (χ1v) is 10.6. The maximum absolute atomic E-state index is 14.2. The second kappa shape index (κ2) is 8.64. The molecule has 2 aliphatic rings. The van der Waals surface area contributed by atoms with Gasteiger partial charge in [0.25, 0.3) is 0 Å². The van der Waals surface area contributed by atoms with Crippen molar-refractivity contribution < 1.29 is 23.8 Å². The number of carboxylic acids is 1. The van der Waals surface area contributed by atoms with Crippen molar-refractivity contribution in [1.29, 1.82) is 0 Å². The van der Waals surface area contributed by atoms with E-state index in [4.69, 9.17) is 9.47 Å². The zero-order chi connectivity index (χ0) is 21.1. The van der Waals surface area contributed by atoms with Gasteiger partial charge in [0.15, 0.2) is 0 Å². The van der Waals surface area contributed by atoms with Crippen LogP contribution in [0.25, 0.3) is 0 Å². The fourth-order valence-corrected chi connectivity index (χ4v) is 4.48. The van der Waals surface area contributed by atoms with Crippen LogP contribution < -0.4 is 14.8 Å². The Kier molecular flexibility index (Phi) is 5.95. The van der Waals surface area contributed by atoms with Crippen LogP contribution in [0.3, 0.4) is 0 Å². The molecule has 5 nitrogen and oxygen atoms in total. The van der Waals surface area contributed by atoms with Crippen molar-refractivity contribution in [3.8, 4) is 11.5 Å². The molecule has 1 atom stereocenters. The van der Waals surface area contributed by atoms with E-state index in [1.54, 1.807) is 6.07 Å². The Morgan fingerprint density at radius 2 is 2.17 bits per heavy atom. The molecule has 0 radical (unpaired) electrons. The number of aliphatic carboxylic acids is 1. The third-order valence-electron chi connectivity index (χ3n) is 6.24. The van der Waals surface area contributed by atoms with Crippen LogP contribution in [-0.2, 0) is 24.2 Å². The zero-order valence-electron chi connectivity index (χ0n) is 17.2. The first-order chi connectivity index (χ1) is 14.5. The van der Waals surface area contributed by atoms with Crippen molar-refractivity contribution in [3.05, 3.63) is 58.9 Å². The zero-order valence-corrected chi connectivity index (χ0v) is 17.2. The standard InChI is InChI=1S/C24H28FNO4/c1-2-16-5-3-6-21(25)20(16)15-29-19-8-7-17-11-18(14-30-22(17)12-19)26-24(9-4-10-24)13-23(27)28/h3,5-8,12,18,26H,2,4,9-11,13-15H2,1H3,(H,27,28). The molecule has 2 aromatic rings.